The maximum atomic E-state index is 6.13. The second-order valence-electron chi connectivity index (χ2n) is 8.88. The first-order valence-electron chi connectivity index (χ1n) is 10.6. The van der Waals surface area contributed by atoms with Crippen molar-refractivity contribution in [1.82, 2.24) is 9.55 Å². The number of hydrogen-bond donors (Lipinski definition) is 0. The number of ether oxygens (including phenoxy) is 2. The van der Waals surface area contributed by atoms with Gasteiger partial charge in [0.1, 0.15) is 12.4 Å². The van der Waals surface area contributed by atoms with Crippen molar-refractivity contribution in [3.63, 3.8) is 0 Å². The van der Waals surface area contributed by atoms with Crippen LogP contribution < -0.4 is 4.90 Å². The van der Waals surface area contributed by atoms with E-state index >= 15 is 0 Å². The molecule has 1 fully saturated rings. The third-order valence-electron chi connectivity index (χ3n) is 5.50. The lowest BCUT2D eigenvalue weighted by atomic mass is 10.2. The Kier molecular flexibility index (Phi) is 6.66. The molecule has 2 aromatic heterocycles. The Balaban J connectivity index is 1.32. The molecular formula is C24H33N3O2S. The van der Waals surface area contributed by atoms with Crippen LogP contribution in [0.4, 0.5) is 5.69 Å². The van der Waals surface area contributed by atoms with Gasteiger partial charge in [-0.1, -0.05) is 30.3 Å². The van der Waals surface area contributed by atoms with Gasteiger partial charge in [-0.25, -0.2) is 15.0 Å². The van der Waals surface area contributed by atoms with Crippen molar-refractivity contribution in [3.05, 3.63) is 60.4 Å². The van der Waals surface area contributed by atoms with E-state index < -0.39 is 10.0 Å². The molecule has 0 amide bonds. The molecule has 0 spiro atoms. The van der Waals surface area contributed by atoms with Gasteiger partial charge in [-0.15, -0.1) is 0 Å². The fraction of sp³-hybridized carbons (Fsp3) is 0.458. The highest BCUT2D eigenvalue weighted by molar-refractivity contribution is 8.32. The van der Waals surface area contributed by atoms with Crippen LogP contribution in [0.15, 0.2) is 54.9 Å². The molecule has 3 heterocycles. The summed E-state index contributed by atoms with van der Waals surface area (Å²) in [6.07, 6.45) is 12.3. The van der Waals surface area contributed by atoms with Crippen molar-refractivity contribution in [3.8, 4) is 0 Å². The minimum Gasteiger partial charge on any atom is -0.372 e. The van der Waals surface area contributed by atoms with Gasteiger partial charge in [-0.2, -0.15) is 0 Å². The van der Waals surface area contributed by atoms with Crippen LogP contribution in [0.25, 0.3) is 11.0 Å². The molecule has 1 saturated heterocycles. The number of anilines is 1. The van der Waals surface area contributed by atoms with Crippen molar-refractivity contribution < 1.29 is 9.47 Å². The highest BCUT2D eigenvalue weighted by atomic mass is 32.3. The molecule has 1 unspecified atom stereocenters. The second kappa shape index (κ2) is 9.41. The molecule has 3 aromatic rings. The first-order valence-corrected chi connectivity index (χ1v) is 13.6. The van der Waals surface area contributed by atoms with Crippen LogP contribution in [0, 0.1) is 0 Å². The van der Waals surface area contributed by atoms with Crippen LogP contribution in [0.3, 0.4) is 0 Å². The molecule has 1 aromatic carbocycles. The van der Waals surface area contributed by atoms with Gasteiger partial charge in [0.05, 0.1) is 31.2 Å². The van der Waals surface area contributed by atoms with E-state index in [-0.39, 0.29) is 6.10 Å². The van der Waals surface area contributed by atoms with Crippen LogP contribution in [0.1, 0.15) is 12.0 Å². The molecule has 1 aliphatic heterocycles. The molecule has 1 atom stereocenters. The van der Waals surface area contributed by atoms with Gasteiger partial charge in [0.2, 0.25) is 0 Å². The maximum Gasteiger partial charge on any atom is 0.141 e. The largest absolute Gasteiger partial charge is 0.372 e. The van der Waals surface area contributed by atoms with Gasteiger partial charge in [-0.05, 0) is 42.9 Å². The monoisotopic (exact) mass is 427 g/mol. The van der Waals surface area contributed by atoms with Crippen LogP contribution in [-0.2, 0) is 22.8 Å². The standard InChI is InChI=1S/C24H33N3O2S/c1-30(2,3)14-13-28-19-27-11-9-21-15-22(16-25-24(21)27)26-12-10-23(17-26)29-18-20-7-5-4-6-8-20/h4-9,11,15-16,23H,10,12-14,17-19H2,1-3H3. The minimum atomic E-state index is -0.513. The molecule has 1 aliphatic rings. The van der Waals surface area contributed by atoms with E-state index in [1.807, 2.05) is 12.3 Å². The number of hydrogen-bond acceptors (Lipinski definition) is 4. The van der Waals surface area contributed by atoms with Crippen LogP contribution >= 0.6 is 10.0 Å². The van der Waals surface area contributed by atoms with Gasteiger partial charge < -0.3 is 18.9 Å². The Hall–Kier alpha value is -2.02. The summed E-state index contributed by atoms with van der Waals surface area (Å²) in [6.45, 7) is 3.96. The zero-order valence-corrected chi connectivity index (χ0v) is 19.1. The maximum absolute atomic E-state index is 6.13. The fourth-order valence-electron chi connectivity index (χ4n) is 3.70. The van der Waals surface area contributed by atoms with E-state index in [2.05, 4.69) is 70.8 Å². The summed E-state index contributed by atoms with van der Waals surface area (Å²) in [5.41, 5.74) is 3.38. The average Bonchev–Trinajstić information content (AvgIpc) is 3.36. The summed E-state index contributed by atoms with van der Waals surface area (Å²) in [5.74, 6) is 1.13. The fourth-order valence-corrected chi connectivity index (χ4v) is 4.32. The van der Waals surface area contributed by atoms with E-state index in [0.29, 0.717) is 13.3 Å². The van der Waals surface area contributed by atoms with Crippen molar-refractivity contribution in [2.75, 3.05) is 49.1 Å². The zero-order valence-electron chi connectivity index (χ0n) is 18.3. The van der Waals surface area contributed by atoms with E-state index in [4.69, 9.17) is 14.5 Å². The van der Waals surface area contributed by atoms with Crippen LogP contribution in [0.5, 0.6) is 0 Å². The number of aromatic nitrogens is 2. The quantitative estimate of drug-likeness (QED) is 0.472. The molecule has 6 heteroatoms. The summed E-state index contributed by atoms with van der Waals surface area (Å²) in [6, 6.07) is 14.7. The number of pyridine rings is 1. The first kappa shape index (κ1) is 21.2. The lowest BCUT2D eigenvalue weighted by molar-refractivity contribution is 0.0553. The molecule has 0 N–H and O–H groups in total. The molecule has 162 valence electrons. The summed E-state index contributed by atoms with van der Waals surface area (Å²) in [4.78, 5) is 7.11. The Morgan fingerprint density at radius 1 is 1.13 bits per heavy atom. The predicted molar refractivity (Wildman–Crippen MR) is 128 cm³/mol. The summed E-state index contributed by atoms with van der Waals surface area (Å²) in [7, 11) is -0.513. The zero-order chi connectivity index (χ0) is 21.0. The molecule has 5 nitrogen and oxygen atoms in total. The van der Waals surface area contributed by atoms with Crippen molar-refractivity contribution in [2.45, 2.75) is 25.9 Å². The normalized spacial score (nSPS) is 17.7. The number of rotatable bonds is 9. The van der Waals surface area contributed by atoms with Gasteiger partial charge in [0.15, 0.2) is 0 Å². The molecule has 0 bridgehead atoms. The Morgan fingerprint density at radius 3 is 2.77 bits per heavy atom. The minimum absolute atomic E-state index is 0.267. The Labute approximate surface area is 181 Å². The molecule has 4 rings (SSSR count). The predicted octanol–water partition coefficient (Wildman–Crippen LogP) is 4.50. The number of nitrogens with zero attached hydrogens (tertiary/aromatic N) is 3. The number of fused-ring (bicyclic) bond motifs is 1. The van der Waals surface area contributed by atoms with Crippen molar-refractivity contribution in [1.29, 1.82) is 0 Å². The van der Waals surface area contributed by atoms with Gasteiger partial charge in [-0.3, -0.25) is 0 Å². The van der Waals surface area contributed by atoms with Gasteiger partial charge >= 0.3 is 0 Å². The van der Waals surface area contributed by atoms with E-state index in [1.165, 1.54) is 11.3 Å². The van der Waals surface area contributed by atoms with Crippen LogP contribution in [-0.4, -0.2) is 59.9 Å². The molecular weight excluding hydrogens is 394 g/mol. The lowest BCUT2D eigenvalue weighted by Crippen LogP contribution is -2.23. The van der Waals surface area contributed by atoms with E-state index in [9.17, 15) is 0 Å². The third kappa shape index (κ3) is 5.56. The van der Waals surface area contributed by atoms with Gasteiger partial charge in [0.25, 0.3) is 0 Å². The summed E-state index contributed by atoms with van der Waals surface area (Å²) >= 11 is 0. The highest BCUT2D eigenvalue weighted by Gasteiger charge is 2.24. The van der Waals surface area contributed by atoms with Crippen molar-refractivity contribution in [2.24, 2.45) is 0 Å². The SMILES string of the molecule is CS(C)(C)CCOCn1ccc2cc(N3CCC(OCc4ccccc4)C3)cnc21. The van der Waals surface area contributed by atoms with E-state index in [1.54, 1.807) is 0 Å². The molecule has 0 saturated carbocycles. The van der Waals surface area contributed by atoms with E-state index in [0.717, 1.165) is 42.9 Å². The Bertz CT molecular complexity index is 952. The second-order valence-corrected chi connectivity index (χ2v) is 13.5. The van der Waals surface area contributed by atoms with Crippen molar-refractivity contribution >= 4 is 26.7 Å². The topological polar surface area (TPSA) is 39.5 Å². The smallest absolute Gasteiger partial charge is 0.141 e. The molecule has 0 radical (unpaired) electrons. The average molecular weight is 428 g/mol. The first-order chi connectivity index (χ1) is 14.5. The third-order valence-corrected chi connectivity index (χ3v) is 6.89. The molecule has 30 heavy (non-hydrogen) atoms. The summed E-state index contributed by atoms with van der Waals surface area (Å²) < 4.78 is 14.1. The molecule has 0 aliphatic carbocycles. The Morgan fingerprint density at radius 2 is 1.97 bits per heavy atom. The van der Waals surface area contributed by atoms with Gasteiger partial charge in [0, 0.05) is 30.4 Å². The highest BCUT2D eigenvalue weighted by Crippen LogP contribution is 2.33. The summed E-state index contributed by atoms with van der Waals surface area (Å²) in [5, 5.41) is 1.16. The van der Waals surface area contributed by atoms with Crippen LogP contribution in [0.2, 0.25) is 0 Å². The number of benzene rings is 1. The lowest BCUT2D eigenvalue weighted by Gasteiger charge is -2.24.